The number of aromatic nitrogens is 3. The van der Waals surface area contributed by atoms with Gasteiger partial charge in [-0.05, 0) is 19.9 Å². The van der Waals surface area contributed by atoms with Crippen molar-refractivity contribution in [1.82, 2.24) is 14.5 Å². The molecule has 0 spiro atoms. The van der Waals surface area contributed by atoms with Gasteiger partial charge >= 0.3 is 0 Å². The van der Waals surface area contributed by atoms with Crippen LogP contribution in [0.25, 0.3) is 17.0 Å². The lowest BCUT2D eigenvalue weighted by Gasteiger charge is -2.20. The van der Waals surface area contributed by atoms with E-state index < -0.39 is 0 Å². The molecule has 5 nitrogen and oxygen atoms in total. The number of hydrogen-bond donors (Lipinski definition) is 1. The summed E-state index contributed by atoms with van der Waals surface area (Å²) in [5.41, 5.74) is 4.23. The fraction of sp³-hybridized carbons (Fsp3) is 0.267. The van der Waals surface area contributed by atoms with Crippen molar-refractivity contribution >= 4 is 23.1 Å². The molecular formula is C15H16N4OS. The highest BCUT2D eigenvalue weighted by atomic mass is 32.2. The molecule has 1 aliphatic heterocycles. The van der Waals surface area contributed by atoms with Crippen LogP contribution in [0.1, 0.15) is 19.4 Å². The number of rotatable bonds is 2. The van der Waals surface area contributed by atoms with E-state index in [1.165, 1.54) is 0 Å². The van der Waals surface area contributed by atoms with E-state index in [2.05, 4.69) is 15.3 Å². The Kier molecular flexibility index (Phi) is 3.55. The molecule has 0 saturated carbocycles. The number of nitrogens with zero attached hydrogens (tertiary/aromatic N) is 3. The number of anilines is 1. The van der Waals surface area contributed by atoms with Crippen molar-refractivity contribution in [3.8, 4) is 11.3 Å². The van der Waals surface area contributed by atoms with Crippen LogP contribution in [0.4, 0.5) is 5.69 Å². The Morgan fingerprint density at radius 2 is 2.29 bits per heavy atom. The van der Waals surface area contributed by atoms with Gasteiger partial charge in [0, 0.05) is 30.4 Å². The topological polar surface area (TPSA) is 59.8 Å². The summed E-state index contributed by atoms with van der Waals surface area (Å²) in [6.45, 7) is 3.81. The average Bonchev–Trinajstić information content (AvgIpc) is 2.53. The first-order valence-electron chi connectivity index (χ1n) is 6.71. The monoisotopic (exact) mass is 300 g/mol. The SMILES string of the molecule is C/C=C(\C)n1cnc2c(c1=O)CSc1nccc(NC)c1-2. The predicted octanol–water partition coefficient (Wildman–Crippen LogP) is 2.83. The fourth-order valence-corrected chi connectivity index (χ4v) is 3.39. The molecule has 3 heterocycles. The van der Waals surface area contributed by atoms with Crippen LogP contribution >= 0.6 is 11.8 Å². The van der Waals surface area contributed by atoms with Crippen molar-refractivity contribution < 1.29 is 0 Å². The third-order valence-electron chi connectivity index (χ3n) is 3.64. The highest BCUT2D eigenvalue weighted by Crippen LogP contribution is 2.41. The third-order valence-corrected chi connectivity index (χ3v) is 4.65. The Balaban J connectivity index is 2.28. The van der Waals surface area contributed by atoms with Crippen LogP contribution < -0.4 is 10.9 Å². The number of nitrogens with one attached hydrogen (secondary N) is 1. The second-order valence-electron chi connectivity index (χ2n) is 4.75. The standard InChI is InChI=1S/C15H16N4OS/c1-4-9(2)19-8-18-13-10(15(19)20)7-21-14-12(13)11(16-3)5-6-17-14/h4-6,8H,7H2,1-3H3,(H,16,17)/b9-4+. The van der Waals surface area contributed by atoms with Crippen LogP contribution in [0.2, 0.25) is 0 Å². The summed E-state index contributed by atoms with van der Waals surface area (Å²) in [6.07, 6.45) is 5.27. The summed E-state index contributed by atoms with van der Waals surface area (Å²) < 4.78 is 1.60. The minimum Gasteiger partial charge on any atom is -0.387 e. The summed E-state index contributed by atoms with van der Waals surface area (Å²) >= 11 is 1.58. The van der Waals surface area contributed by atoms with E-state index in [4.69, 9.17) is 0 Å². The molecule has 6 heteroatoms. The van der Waals surface area contributed by atoms with Gasteiger partial charge in [-0.1, -0.05) is 6.08 Å². The van der Waals surface area contributed by atoms with Gasteiger partial charge in [0.05, 0.1) is 16.8 Å². The smallest absolute Gasteiger partial charge is 0.262 e. The zero-order valence-corrected chi connectivity index (χ0v) is 13.0. The molecular weight excluding hydrogens is 284 g/mol. The van der Waals surface area contributed by atoms with Gasteiger partial charge in [-0.3, -0.25) is 9.36 Å². The second kappa shape index (κ2) is 5.37. The van der Waals surface area contributed by atoms with Crippen molar-refractivity contribution in [2.75, 3.05) is 12.4 Å². The predicted molar refractivity (Wildman–Crippen MR) is 86.5 cm³/mol. The van der Waals surface area contributed by atoms with Crippen molar-refractivity contribution in [1.29, 1.82) is 0 Å². The third kappa shape index (κ3) is 2.15. The van der Waals surface area contributed by atoms with E-state index >= 15 is 0 Å². The highest BCUT2D eigenvalue weighted by Gasteiger charge is 2.25. The maximum atomic E-state index is 12.7. The average molecular weight is 300 g/mol. The van der Waals surface area contributed by atoms with E-state index in [1.807, 2.05) is 33.0 Å². The normalized spacial score (nSPS) is 13.6. The summed E-state index contributed by atoms with van der Waals surface area (Å²) in [6, 6.07) is 1.90. The molecule has 0 unspecified atom stereocenters. The van der Waals surface area contributed by atoms with Crippen LogP contribution in [-0.2, 0) is 5.75 Å². The van der Waals surface area contributed by atoms with Gasteiger partial charge in [0.15, 0.2) is 0 Å². The van der Waals surface area contributed by atoms with Crippen LogP contribution in [0, 0.1) is 0 Å². The Bertz CT molecular complexity index is 780. The van der Waals surface area contributed by atoms with Gasteiger partial charge in [-0.25, -0.2) is 9.97 Å². The number of fused-ring (bicyclic) bond motifs is 3. The second-order valence-corrected chi connectivity index (χ2v) is 5.72. The molecule has 0 radical (unpaired) electrons. The number of hydrogen-bond acceptors (Lipinski definition) is 5. The maximum absolute atomic E-state index is 12.7. The van der Waals surface area contributed by atoms with E-state index in [0.29, 0.717) is 5.75 Å². The molecule has 0 saturated heterocycles. The molecule has 1 N–H and O–H groups in total. The summed E-state index contributed by atoms with van der Waals surface area (Å²) in [4.78, 5) is 21.6. The number of thioether (sulfide) groups is 1. The van der Waals surface area contributed by atoms with E-state index in [-0.39, 0.29) is 5.56 Å². The molecule has 21 heavy (non-hydrogen) atoms. The Morgan fingerprint density at radius 3 is 3.00 bits per heavy atom. The fourth-order valence-electron chi connectivity index (χ4n) is 2.36. The molecule has 0 aliphatic carbocycles. The van der Waals surface area contributed by atoms with Crippen LogP contribution in [0.5, 0.6) is 0 Å². The summed E-state index contributed by atoms with van der Waals surface area (Å²) in [5.74, 6) is 0.603. The lowest BCUT2D eigenvalue weighted by molar-refractivity contribution is 0.919. The van der Waals surface area contributed by atoms with Gasteiger partial charge in [-0.15, -0.1) is 11.8 Å². The Morgan fingerprint density at radius 1 is 1.48 bits per heavy atom. The lowest BCUT2D eigenvalue weighted by Crippen LogP contribution is -2.25. The molecule has 0 atom stereocenters. The lowest BCUT2D eigenvalue weighted by atomic mass is 10.1. The molecule has 0 aromatic carbocycles. The quantitative estimate of drug-likeness (QED) is 0.924. The number of pyridine rings is 1. The molecule has 0 bridgehead atoms. The van der Waals surface area contributed by atoms with Gasteiger partial charge in [0.2, 0.25) is 0 Å². The zero-order valence-electron chi connectivity index (χ0n) is 12.2. The van der Waals surface area contributed by atoms with E-state index in [0.717, 1.165) is 33.2 Å². The minimum atomic E-state index is -0.000318. The van der Waals surface area contributed by atoms with Gasteiger partial charge < -0.3 is 5.32 Å². The first-order chi connectivity index (χ1) is 10.2. The van der Waals surface area contributed by atoms with Gasteiger partial charge in [0.1, 0.15) is 11.4 Å². The van der Waals surface area contributed by atoms with Crippen molar-refractivity contribution in [2.45, 2.75) is 24.6 Å². The molecule has 0 fully saturated rings. The Labute approximate surface area is 127 Å². The molecule has 1 aliphatic rings. The molecule has 2 aromatic rings. The minimum absolute atomic E-state index is 0.000318. The van der Waals surface area contributed by atoms with Crippen LogP contribution in [0.3, 0.4) is 0 Å². The number of allylic oxidation sites excluding steroid dienone is 2. The van der Waals surface area contributed by atoms with E-state index in [9.17, 15) is 4.79 Å². The molecule has 3 rings (SSSR count). The largest absolute Gasteiger partial charge is 0.387 e. The maximum Gasteiger partial charge on any atom is 0.262 e. The van der Waals surface area contributed by atoms with Crippen molar-refractivity contribution in [3.05, 3.63) is 40.6 Å². The van der Waals surface area contributed by atoms with Gasteiger partial charge in [0.25, 0.3) is 5.56 Å². The molecule has 108 valence electrons. The highest BCUT2D eigenvalue weighted by molar-refractivity contribution is 7.98. The van der Waals surface area contributed by atoms with Crippen LogP contribution in [0.15, 0.2) is 34.5 Å². The Hall–Kier alpha value is -2.08. The van der Waals surface area contributed by atoms with Crippen molar-refractivity contribution in [3.63, 3.8) is 0 Å². The van der Waals surface area contributed by atoms with Crippen LogP contribution in [-0.4, -0.2) is 21.6 Å². The molecule has 0 amide bonds. The first kappa shape index (κ1) is 13.9. The molecule has 2 aromatic heterocycles. The summed E-state index contributed by atoms with van der Waals surface area (Å²) in [5, 5.41) is 4.07. The zero-order chi connectivity index (χ0) is 15.0. The summed E-state index contributed by atoms with van der Waals surface area (Å²) in [7, 11) is 1.86. The van der Waals surface area contributed by atoms with Crippen molar-refractivity contribution in [2.24, 2.45) is 0 Å². The van der Waals surface area contributed by atoms with E-state index in [1.54, 1.807) is 28.9 Å². The van der Waals surface area contributed by atoms with Gasteiger partial charge in [-0.2, -0.15) is 0 Å². The first-order valence-corrected chi connectivity index (χ1v) is 7.69.